The number of anilines is 1. The first kappa shape index (κ1) is 23.7. The van der Waals surface area contributed by atoms with Crippen LogP contribution in [-0.4, -0.2) is 49.8 Å². The molecule has 184 valence electrons. The number of aliphatic hydroxyl groups excluding tert-OH is 1. The summed E-state index contributed by atoms with van der Waals surface area (Å²) in [6.45, 7) is 2.45. The van der Waals surface area contributed by atoms with E-state index in [0.717, 1.165) is 53.9 Å². The second-order valence-corrected chi connectivity index (χ2v) is 9.27. The molecule has 8 heteroatoms. The Kier molecular flexibility index (Phi) is 6.79. The number of aryl methyl sites for hydroxylation is 1. The fourth-order valence-corrected chi connectivity index (χ4v) is 4.76. The highest BCUT2D eigenvalue weighted by Gasteiger charge is 2.26. The van der Waals surface area contributed by atoms with Gasteiger partial charge >= 0.3 is 0 Å². The first-order chi connectivity index (χ1) is 17.5. The van der Waals surface area contributed by atoms with Crippen LogP contribution >= 0.6 is 0 Å². The third-order valence-electron chi connectivity index (χ3n) is 6.64. The second-order valence-electron chi connectivity index (χ2n) is 9.27. The zero-order valence-electron chi connectivity index (χ0n) is 20.3. The highest BCUT2D eigenvalue weighted by Crippen LogP contribution is 2.27. The van der Waals surface area contributed by atoms with Crippen LogP contribution < -0.4 is 11.1 Å². The molecule has 4 aromatic rings. The lowest BCUT2D eigenvalue weighted by atomic mass is 9.98. The summed E-state index contributed by atoms with van der Waals surface area (Å²) in [5.74, 6) is 0.00726. The summed E-state index contributed by atoms with van der Waals surface area (Å²) >= 11 is 0. The molecular weight excluding hydrogens is 452 g/mol. The maximum atomic E-state index is 13.1. The summed E-state index contributed by atoms with van der Waals surface area (Å²) in [5, 5.41) is 16.9. The lowest BCUT2D eigenvalue weighted by Gasteiger charge is -2.19. The number of nitrogens with two attached hydrogens (primary N) is 1. The summed E-state index contributed by atoms with van der Waals surface area (Å²) in [6, 6.07) is 18.2. The average molecular weight is 483 g/mol. The zero-order chi connectivity index (χ0) is 25.1. The number of pyridine rings is 1. The molecule has 4 N–H and O–H groups in total. The summed E-state index contributed by atoms with van der Waals surface area (Å²) in [5.41, 5.74) is 12.5. The minimum absolute atomic E-state index is 0.0225. The second kappa shape index (κ2) is 10.3. The van der Waals surface area contributed by atoms with Crippen molar-refractivity contribution >= 4 is 11.7 Å². The van der Waals surface area contributed by atoms with Gasteiger partial charge in [0.25, 0.3) is 5.91 Å². The fourth-order valence-electron chi connectivity index (χ4n) is 4.76. The predicted octanol–water partition coefficient (Wildman–Crippen LogP) is 3.23. The van der Waals surface area contributed by atoms with Gasteiger partial charge in [-0.1, -0.05) is 42.5 Å². The molecule has 1 atom stereocenters. The van der Waals surface area contributed by atoms with Crippen molar-refractivity contribution in [1.29, 1.82) is 0 Å². The molecule has 1 aliphatic heterocycles. The Labute approximate surface area is 210 Å². The van der Waals surface area contributed by atoms with Gasteiger partial charge in [0.05, 0.1) is 18.4 Å². The molecule has 3 heterocycles. The van der Waals surface area contributed by atoms with Gasteiger partial charge in [0.15, 0.2) is 0 Å². The van der Waals surface area contributed by atoms with Gasteiger partial charge in [0.1, 0.15) is 5.82 Å². The van der Waals surface area contributed by atoms with E-state index in [1.54, 1.807) is 23.1 Å². The van der Waals surface area contributed by atoms with Gasteiger partial charge in [-0.2, -0.15) is 5.10 Å². The maximum absolute atomic E-state index is 13.1. The van der Waals surface area contributed by atoms with Crippen LogP contribution in [-0.2, 0) is 20.2 Å². The van der Waals surface area contributed by atoms with Gasteiger partial charge in [0, 0.05) is 56.2 Å². The molecule has 0 aliphatic carbocycles. The normalized spacial score (nSPS) is 15.8. The number of hydrogen-bond acceptors (Lipinski definition) is 6. The molecule has 5 rings (SSSR count). The lowest BCUT2D eigenvalue weighted by Crippen LogP contribution is -2.37. The van der Waals surface area contributed by atoms with Crippen molar-refractivity contribution in [2.75, 3.05) is 18.8 Å². The predicted molar refractivity (Wildman–Crippen MR) is 140 cm³/mol. The molecule has 2 aromatic heterocycles. The Morgan fingerprint density at radius 2 is 1.97 bits per heavy atom. The number of hydrogen-bond donors (Lipinski definition) is 3. The summed E-state index contributed by atoms with van der Waals surface area (Å²) < 4.78 is 1.71. The molecular formula is C28H30N6O2. The van der Waals surface area contributed by atoms with Gasteiger partial charge in [-0.15, -0.1) is 0 Å². The third kappa shape index (κ3) is 5.15. The van der Waals surface area contributed by atoms with Crippen LogP contribution in [0.2, 0.25) is 0 Å². The Morgan fingerprint density at radius 1 is 1.11 bits per heavy atom. The van der Waals surface area contributed by atoms with Gasteiger partial charge in [0.2, 0.25) is 0 Å². The minimum Gasteiger partial charge on any atom is -0.392 e. The summed E-state index contributed by atoms with van der Waals surface area (Å²) in [6.07, 6.45) is 6.14. The van der Waals surface area contributed by atoms with E-state index in [4.69, 9.17) is 5.73 Å². The van der Waals surface area contributed by atoms with E-state index in [2.05, 4.69) is 44.6 Å². The molecule has 0 unspecified atom stereocenters. The first-order valence-corrected chi connectivity index (χ1v) is 12.1. The quantitative estimate of drug-likeness (QED) is 0.373. The number of nitrogens with zero attached hydrogens (tertiary/aromatic N) is 4. The number of carbonyl (C=O) groups excluding carboxylic acids is 1. The summed E-state index contributed by atoms with van der Waals surface area (Å²) in [4.78, 5) is 19.7. The van der Waals surface area contributed by atoms with Gasteiger partial charge < -0.3 is 16.2 Å². The van der Waals surface area contributed by atoms with Crippen molar-refractivity contribution in [3.05, 3.63) is 89.9 Å². The molecule has 0 spiro atoms. The van der Waals surface area contributed by atoms with Crippen LogP contribution in [0, 0.1) is 0 Å². The Balaban J connectivity index is 1.26. The van der Waals surface area contributed by atoms with Crippen molar-refractivity contribution in [2.24, 2.45) is 7.05 Å². The third-order valence-corrected chi connectivity index (χ3v) is 6.64. The topological polar surface area (TPSA) is 109 Å². The number of benzene rings is 2. The molecule has 2 aromatic carbocycles. The van der Waals surface area contributed by atoms with Crippen molar-refractivity contribution in [3.63, 3.8) is 0 Å². The molecule has 0 bridgehead atoms. The van der Waals surface area contributed by atoms with Gasteiger partial charge in [-0.05, 0) is 40.8 Å². The standard InChI is InChI=1S/C28H30N6O2/c1-33-15-23(14-31-33)22-12-26(27(29)30-13-22)28(36)32-24-9-10-34(17-24)16-21-6-2-3-8-25(21)20-7-4-5-19(11-20)18-35/h2-8,11-15,24,35H,9-10,16-18H2,1H3,(H2,29,30)(H,32,36)/t24-/m1/s1. The van der Waals surface area contributed by atoms with E-state index in [-0.39, 0.29) is 24.4 Å². The molecule has 1 fully saturated rings. The van der Waals surface area contributed by atoms with Crippen molar-refractivity contribution in [2.45, 2.75) is 25.6 Å². The van der Waals surface area contributed by atoms with Crippen LogP contribution in [0.15, 0.2) is 73.2 Å². The molecule has 1 aliphatic rings. The fraction of sp³-hybridized carbons (Fsp3) is 0.250. The monoisotopic (exact) mass is 482 g/mol. The molecule has 8 nitrogen and oxygen atoms in total. The number of rotatable bonds is 7. The van der Waals surface area contributed by atoms with Crippen LogP contribution in [0.1, 0.15) is 27.9 Å². The van der Waals surface area contributed by atoms with Crippen LogP contribution in [0.4, 0.5) is 5.82 Å². The molecule has 0 saturated carbocycles. The SMILES string of the molecule is Cn1cc(-c2cnc(N)c(C(=O)N[C@@H]3CCN(Cc4ccccc4-c4cccc(CO)c4)C3)c2)cn1. The Hall–Kier alpha value is -4.01. The molecule has 36 heavy (non-hydrogen) atoms. The number of aliphatic hydroxyl groups is 1. The number of likely N-dealkylation sites (tertiary alicyclic amines) is 1. The van der Waals surface area contributed by atoms with E-state index in [1.807, 2.05) is 37.5 Å². The summed E-state index contributed by atoms with van der Waals surface area (Å²) in [7, 11) is 1.85. The molecule has 0 radical (unpaired) electrons. The smallest absolute Gasteiger partial charge is 0.255 e. The number of nitrogen functional groups attached to an aromatic ring is 1. The number of carbonyl (C=O) groups is 1. The largest absolute Gasteiger partial charge is 0.392 e. The van der Waals surface area contributed by atoms with E-state index in [0.29, 0.717) is 5.56 Å². The zero-order valence-corrected chi connectivity index (χ0v) is 20.3. The molecule has 1 amide bonds. The van der Waals surface area contributed by atoms with Crippen LogP contribution in [0.25, 0.3) is 22.3 Å². The Bertz CT molecular complexity index is 1380. The van der Waals surface area contributed by atoms with E-state index >= 15 is 0 Å². The first-order valence-electron chi connectivity index (χ1n) is 12.1. The van der Waals surface area contributed by atoms with Crippen molar-refractivity contribution < 1.29 is 9.90 Å². The van der Waals surface area contributed by atoms with Crippen molar-refractivity contribution in [3.8, 4) is 22.3 Å². The van der Waals surface area contributed by atoms with Crippen LogP contribution in [0.5, 0.6) is 0 Å². The number of nitrogens with one attached hydrogen (secondary N) is 1. The lowest BCUT2D eigenvalue weighted by molar-refractivity contribution is 0.0938. The van der Waals surface area contributed by atoms with Gasteiger partial charge in [-0.3, -0.25) is 14.4 Å². The van der Waals surface area contributed by atoms with E-state index < -0.39 is 0 Å². The van der Waals surface area contributed by atoms with Crippen molar-refractivity contribution in [1.82, 2.24) is 25.0 Å². The maximum Gasteiger partial charge on any atom is 0.255 e. The highest BCUT2D eigenvalue weighted by molar-refractivity contribution is 5.99. The number of amides is 1. The molecule has 1 saturated heterocycles. The minimum atomic E-state index is -0.209. The number of aromatic nitrogens is 3. The Morgan fingerprint density at radius 3 is 2.78 bits per heavy atom. The van der Waals surface area contributed by atoms with Crippen LogP contribution in [0.3, 0.4) is 0 Å². The average Bonchev–Trinajstić information content (AvgIpc) is 3.53. The van der Waals surface area contributed by atoms with E-state index in [1.165, 1.54) is 5.56 Å². The van der Waals surface area contributed by atoms with Gasteiger partial charge in [-0.25, -0.2) is 4.98 Å². The highest BCUT2D eigenvalue weighted by atomic mass is 16.3. The van der Waals surface area contributed by atoms with E-state index in [9.17, 15) is 9.90 Å².